The number of rotatable bonds is 7. The third kappa shape index (κ3) is 3.79. The first-order chi connectivity index (χ1) is 10.5. The first-order valence-corrected chi connectivity index (χ1v) is 7.01. The van der Waals surface area contributed by atoms with Gasteiger partial charge in [0, 0.05) is 30.7 Å². The predicted molar refractivity (Wildman–Crippen MR) is 80.8 cm³/mol. The smallest absolute Gasteiger partial charge is 0.272 e. The molecule has 118 valence electrons. The fourth-order valence-electron chi connectivity index (χ4n) is 1.97. The van der Waals surface area contributed by atoms with E-state index in [1.165, 1.54) is 18.2 Å². The third-order valence-electron chi connectivity index (χ3n) is 3.03. The number of carbonyl (C=O) groups is 1. The van der Waals surface area contributed by atoms with E-state index >= 15 is 0 Å². The number of ether oxygens (including phenoxy) is 1. The van der Waals surface area contributed by atoms with Crippen LogP contribution in [0.25, 0.3) is 10.9 Å². The van der Waals surface area contributed by atoms with Gasteiger partial charge in [0.15, 0.2) is 5.69 Å². The largest absolute Gasteiger partial charge is 0.379 e. The van der Waals surface area contributed by atoms with Gasteiger partial charge < -0.3 is 10.1 Å². The number of nitro benzene ring substituents is 1. The minimum atomic E-state index is -0.503. The second kappa shape index (κ2) is 6.99. The minimum absolute atomic E-state index is 0.0757. The lowest BCUT2D eigenvalue weighted by molar-refractivity contribution is -0.384. The summed E-state index contributed by atoms with van der Waals surface area (Å²) >= 11 is 0. The lowest BCUT2D eigenvalue weighted by atomic mass is 10.2. The van der Waals surface area contributed by atoms with Crippen molar-refractivity contribution < 1.29 is 14.5 Å². The van der Waals surface area contributed by atoms with Crippen LogP contribution in [0.15, 0.2) is 18.2 Å². The number of carbonyl (C=O) groups excluding carboxylic acids is 1. The maximum absolute atomic E-state index is 12.1. The molecule has 1 amide bonds. The molecule has 22 heavy (non-hydrogen) atoms. The van der Waals surface area contributed by atoms with Crippen LogP contribution in [0.2, 0.25) is 0 Å². The van der Waals surface area contributed by atoms with Crippen molar-refractivity contribution in [2.45, 2.75) is 26.4 Å². The fraction of sp³-hybridized carbons (Fsp3) is 0.429. The maximum Gasteiger partial charge on any atom is 0.272 e. The van der Waals surface area contributed by atoms with Crippen molar-refractivity contribution in [2.75, 3.05) is 13.2 Å². The van der Waals surface area contributed by atoms with Crippen molar-refractivity contribution in [2.24, 2.45) is 0 Å². The van der Waals surface area contributed by atoms with Crippen molar-refractivity contribution in [1.29, 1.82) is 0 Å². The first kappa shape index (κ1) is 15.9. The van der Waals surface area contributed by atoms with Gasteiger partial charge in [-0.1, -0.05) is 0 Å². The number of non-ortho nitro benzene ring substituents is 1. The molecule has 0 aliphatic heterocycles. The van der Waals surface area contributed by atoms with Crippen molar-refractivity contribution in [3.63, 3.8) is 0 Å². The van der Waals surface area contributed by atoms with E-state index in [9.17, 15) is 14.9 Å². The maximum atomic E-state index is 12.1. The predicted octanol–water partition coefficient (Wildman–Crippen LogP) is 2.02. The van der Waals surface area contributed by atoms with Gasteiger partial charge in [0.25, 0.3) is 11.6 Å². The number of nitrogens with zero attached hydrogens (tertiary/aromatic N) is 2. The van der Waals surface area contributed by atoms with E-state index in [0.717, 1.165) is 0 Å². The molecular weight excluding hydrogens is 288 g/mol. The van der Waals surface area contributed by atoms with E-state index in [-0.39, 0.29) is 23.4 Å². The zero-order valence-electron chi connectivity index (χ0n) is 12.5. The Morgan fingerprint density at radius 2 is 2.27 bits per heavy atom. The Balaban J connectivity index is 2.02. The number of aromatic nitrogens is 2. The molecular formula is C14H18N4O4. The summed E-state index contributed by atoms with van der Waals surface area (Å²) in [6.45, 7) is 4.91. The standard InChI is InChI=1S/C14H18N4O4/c1-9(2)22-7-3-6-15-14(19)13-11-8-10(18(20)21)4-5-12(11)16-17-13/h4-5,8-9H,3,6-7H2,1-2H3,(H,15,19)(H,16,17). The zero-order chi connectivity index (χ0) is 16.1. The molecule has 1 heterocycles. The van der Waals surface area contributed by atoms with E-state index in [0.29, 0.717) is 30.5 Å². The first-order valence-electron chi connectivity index (χ1n) is 7.01. The quantitative estimate of drug-likeness (QED) is 0.462. The topological polar surface area (TPSA) is 110 Å². The Bertz CT molecular complexity index is 681. The Hall–Kier alpha value is -2.48. The molecule has 1 aromatic heterocycles. The molecule has 8 nitrogen and oxygen atoms in total. The van der Waals surface area contributed by atoms with Crippen LogP contribution in [0.5, 0.6) is 0 Å². The number of benzene rings is 1. The van der Waals surface area contributed by atoms with Crippen LogP contribution in [0, 0.1) is 10.1 Å². The van der Waals surface area contributed by atoms with E-state index in [4.69, 9.17) is 4.74 Å². The Kier molecular flexibility index (Phi) is 5.05. The number of hydrogen-bond acceptors (Lipinski definition) is 5. The van der Waals surface area contributed by atoms with Crippen molar-refractivity contribution in [3.8, 4) is 0 Å². The second-order valence-corrected chi connectivity index (χ2v) is 5.09. The molecule has 0 unspecified atom stereocenters. The molecule has 0 saturated heterocycles. The monoisotopic (exact) mass is 306 g/mol. The molecule has 2 rings (SSSR count). The second-order valence-electron chi connectivity index (χ2n) is 5.09. The van der Waals surface area contributed by atoms with Crippen LogP contribution in [0.3, 0.4) is 0 Å². The molecule has 0 bridgehead atoms. The van der Waals surface area contributed by atoms with Gasteiger partial charge in [0.1, 0.15) is 0 Å². The Morgan fingerprint density at radius 3 is 2.95 bits per heavy atom. The van der Waals surface area contributed by atoms with Crippen molar-refractivity contribution in [1.82, 2.24) is 15.5 Å². The highest BCUT2D eigenvalue weighted by Crippen LogP contribution is 2.21. The van der Waals surface area contributed by atoms with Crippen LogP contribution in [0.4, 0.5) is 5.69 Å². The van der Waals surface area contributed by atoms with Crippen LogP contribution >= 0.6 is 0 Å². The average Bonchev–Trinajstić information content (AvgIpc) is 2.89. The number of aromatic amines is 1. The lowest BCUT2D eigenvalue weighted by Crippen LogP contribution is -2.26. The number of hydrogen-bond donors (Lipinski definition) is 2. The zero-order valence-corrected chi connectivity index (χ0v) is 12.5. The van der Waals surface area contributed by atoms with E-state index in [1.54, 1.807) is 0 Å². The summed E-state index contributed by atoms with van der Waals surface area (Å²) < 4.78 is 5.38. The summed E-state index contributed by atoms with van der Waals surface area (Å²) in [5.41, 5.74) is 0.663. The molecule has 8 heteroatoms. The van der Waals surface area contributed by atoms with Crippen molar-refractivity contribution in [3.05, 3.63) is 34.0 Å². The van der Waals surface area contributed by atoms with E-state index in [2.05, 4.69) is 15.5 Å². The van der Waals surface area contributed by atoms with Crippen LogP contribution < -0.4 is 5.32 Å². The molecule has 0 radical (unpaired) electrons. The molecule has 0 aliphatic carbocycles. The van der Waals surface area contributed by atoms with Gasteiger partial charge in [-0.2, -0.15) is 5.10 Å². The third-order valence-corrected chi connectivity index (χ3v) is 3.03. The Labute approximate surface area is 127 Å². The molecule has 0 spiro atoms. The number of fused-ring (bicyclic) bond motifs is 1. The fourth-order valence-corrected chi connectivity index (χ4v) is 1.97. The molecule has 2 aromatic rings. The molecule has 2 N–H and O–H groups in total. The SMILES string of the molecule is CC(C)OCCCNC(=O)c1n[nH]c2ccc([N+](=O)[O-])cc12. The molecule has 1 aromatic carbocycles. The van der Waals surface area contributed by atoms with Gasteiger partial charge in [-0.05, 0) is 26.3 Å². The van der Waals surface area contributed by atoms with Gasteiger partial charge >= 0.3 is 0 Å². The molecule has 0 saturated carbocycles. The van der Waals surface area contributed by atoms with Gasteiger partial charge in [0.2, 0.25) is 0 Å². The van der Waals surface area contributed by atoms with Crippen LogP contribution in [-0.2, 0) is 4.74 Å². The number of amides is 1. The summed E-state index contributed by atoms with van der Waals surface area (Å²) in [4.78, 5) is 22.4. The van der Waals surface area contributed by atoms with Gasteiger partial charge in [-0.15, -0.1) is 0 Å². The molecule has 0 atom stereocenters. The summed E-state index contributed by atoms with van der Waals surface area (Å²) in [5, 5.41) is 20.6. The van der Waals surface area contributed by atoms with Crippen LogP contribution in [0.1, 0.15) is 30.8 Å². The van der Waals surface area contributed by atoms with Gasteiger partial charge in [0.05, 0.1) is 16.5 Å². The number of H-pyrrole nitrogens is 1. The summed E-state index contributed by atoms with van der Waals surface area (Å²) in [6, 6.07) is 4.24. The van der Waals surface area contributed by atoms with Crippen molar-refractivity contribution >= 4 is 22.5 Å². The lowest BCUT2D eigenvalue weighted by Gasteiger charge is -2.07. The Morgan fingerprint density at radius 1 is 1.50 bits per heavy atom. The minimum Gasteiger partial charge on any atom is -0.379 e. The highest BCUT2D eigenvalue weighted by atomic mass is 16.6. The number of nitrogens with one attached hydrogen (secondary N) is 2. The van der Waals surface area contributed by atoms with Crippen LogP contribution in [-0.4, -0.2) is 40.3 Å². The highest BCUT2D eigenvalue weighted by molar-refractivity contribution is 6.05. The number of nitro groups is 1. The van der Waals surface area contributed by atoms with E-state index in [1.807, 2.05) is 13.8 Å². The molecule has 0 fully saturated rings. The summed E-state index contributed by atoms with van der Waals surface area (Å²) in [7, 11) is 0. The summed E-state index contributed by atoms with van der Waals surface area (Å²) in [5.74, 6) is -0.365. The highest BCUT2D eigenvalue weighted by Gasteiger charge is 2.16. The van der Waals surface area contributed by atoms with Gasteiger partial charge in [-0.25, -0.2) is 0 Å². The average molecular weight is 306 g/mol. The molecule has 0 aliphatic rings. The normalized spacial score (nSPS) is 11.0. The summed E-state index contributed by atoms with van der Waals surface area (Å²) in [6.07, 6.45) is 0.846. The van der Waals surface area contributed by atoms with E-state index < -0.39 is 4.92 Å². The van der Waals surface area contributed by atoms with Gasteiger partial charge in [-0.3, -0.25) is 20.0 Å².